The Kier molecular flexibility index (Phi) is 8.53. The summed E-state index contributed by atoms with van der Waals surface area (Å²) in [5, 5.41) is 35.1. The smallest absolute Gasteiger partial charge is 0.336 e. The van der Waals surface area contributed by atoms with Crippen LogP contribution in [-0.4, -0.2) is 79.5 Å². The summed E-state index contributed by atoms with van der Waals surface area (Å²) in [7, 11) is 4.45. The fourth-order valence-electron chi connectivity index (χ4n) is 6.25. The number of nitrogens with zero attached hydrogens (tertiary/aromatic N) is 2. The molecule has 0 bridgehead atoms. The van der Waals surface area contributed by atoms with E-state index in [0.717, 1.165) is 44.4 Å². The van der Waals surface area contributed by atoms with Crippen molar-refractivity contribution in [1.29, 1.82) is 0 Å². The van der Waals surface area contributed by atoms with Crippen LogP contribution in [0.4, 0.5) is 0 Å². The van der Waals surface area contributed by atoms with Crippen molar-refractivity contribution < 1.29 is 39.5 Å². The van der Waals surface area contributed by atoms with Crippen molar-refractivity contribution in [2.75, 3.05) is 20.7 Å². The summed E-state index contributed by atoms with van der Waals surface area (Å²) in [6.07, 6.45) is 4.78. The van der Waals surface area contributed by atoms with Crippen molar-refractivity contribution in [1.82, 2.24) is 14.9 Å². The molecule has 1 aliphatic heterocycles. The van der Waals surface area contributed by atoms with Gasteiger partial charge in [-0.3, -0.25) is 14.5 Å². The van der Waals surface area contributed by atoms with Gasteiger partial charge in [0.2, 0.25) is 0 Å². The van der Waals surface area contributed by atoms with Gasteiger partial charge in [0.25, 0.3) is 0 Å². The van der Waals surface area contributed by atoms with Crippen molar-refractivity contribution in [2.45, 2.75) is 68.6 Å². The number of nitrogens with one attached hydrogen (secondary N) is 1. The van der Waals surface area contributed by atoms with E-state index >= 15 is 0 Å². The molecular formula is C30H37N3O8. The highest BCUT2D eigenvalue weighted by Crippen LogP contribution is 2.52. The number of aryl methyl sites for hydroxylation is 1. The standard InChI is InChI=1S/C24H29N3O.C6H8O7/c1-17-6-4-7-18(16-17)23(27(2)3)10-12-24(13-11-23)21-19(9-15-28-24)20-8-5-14-25-22(20)26-21;7-3(8)1-6(13,5(11)12)2-4(9)10/h4-8,14,16H,9-13,15H2,1-3H3,(H,25,26);13H,1-2H2,(H,7,8)(H,9,10)(H,11,12). The Hall–Kier alpha value is -3.80. The minimum absolute atomic E-state index is 0.0719. The molecule has 0 saturated heterocycles. The van der Waals surface area contributed by atoms with Gasteiger partial charge in [-0.15, -0.1) is 0 Å². The third kappa shape index (κ3) is 5.97. The number of ether oxygens (including phenoxy) is 1. The number of aromatic amines is 1. The lowest BCUT2D eigenvalue weighted by molar-refractivity contribution is -0.170. The van der Waals surface area contributed by atoms with Crippen LogP contribution in [0.2, 0.25) is 0 Å². The molecule has 11 nitrogen and oxygen atoms in total. The molecular weight excluding hydrogens is 530 g/mol. The number of aromatic nitrogens is 2. The molecule has 41 heavy (non-hydrogen) atoms. The molecule has 0 amide bonds. The maximum absolute atomic E-state index is 10.3. The Labute approximate surface area is 237 Å². The second kappa shape index (κ2) is 11.6. The lowest BCUT2D eigenvalue weighted by Gasteiger charge is -2.50. The van der Waals surface area contributed by atoms with Gasteiger partial charge in [-0.2, -0.15) is 0 Å². The van der Waals surface area contributed by atoms with E-state index in [-0.39, 0.29) is 11.1 Å². The van der Waals surface area contributed by atoms with Crippen LogP contribution in [-0.2, 0) is 36.7 Å². The molecule has 0 radical (unpaired) electrons. The summed E-state index contributed by atoms with van der Waals surface area (Å²) in [5.41, 5.74) is 3.60. The van der Waals surface area contributed by atoms with E-state index in [1.165, 1.54) is 27.8 Å². The first-order valence-electron chi connectivity index (χ1n) is 13.6. The second-order valence-electron chi connectivity index (χ2n) is 11.2. The minimum atomic E-state index is -2.74. The van der Waals surface area contributed by atoms with Crippen LogP contribution < -0.4 is 0 Å². The largest absolute Gasteiger partial charge is 0.481 e. The number of aliphatic carboxylic acids is 3. The molecule has 3 heterocycles. The van der Waals surface area contributed by atoms with Crippen molar-refractivity contribution in [3.8, 4) is 0 Å². The van der Waals surface area contributed by atoms with E-state index in [1.807, 2.05) is 12.3 Å². The van der Waals surface area contributed by atoms with E-state index in [9.17, 15) is 14.4 Å². The Morgan fingerprint density at radius 3 is 2.24 bits per heavy atom. The van der Waals surface area contributed by atoms with E-state index < -0.39 is 36.4 Å². The highest BCUT2D eigenvalue weighted by Gasteiger charge is 2.49. The first kappa shape index (κ1) is 30.2. The zero-order valence-electron chi connectivity index (χ0n) is 23.5. The van der Waals surface area contributed by atoms with Crippen LogP contribution in [0.5, 0.6) is 0 Å². The maximum Gasteiger partial charge on any atom is 0.336 e. The van der Waals surface area contributed by atoms with Crippen LogP contribution in [0.3, 0.4) is 0 Å². The molecule has 220 valence electrons. The average molecular weight is 568 g/mol. The van der Waals surface area contributed by atoms with E-state index in [4.69, 9.17) is 25.2 Å². The molecule has 3 aromatic rings. The zero-order valence-corrected chi connectivity index (χ0v) is 23.5. The lowest BCUT2D eigenvalue weighted by Crippen LogP contribution is -2.50. The Morgan fingerprint density at radius 1 is 1.02 bits per heavy atom. The van der Waals surface area contributed by atoms with Crippen molar-refractivity contribution in [2.24, 2.45) is 0 Å². The van der Waals surface area contributed by atoms with Gasteiger partial charge in [0.05, 0.1) is 25.1 Å². The monoisotopic (exact) mass is 567 g/mol. The van der Waals surface area contributed by atoms with E-state index in [0.29, 0.717) is 0 Å². The third-order valence-electron chi connectivity index (χ3n) is 8.45. The summed E-state index contributed by atoms with van der Waals surface area (Å²) in [5.74, 6) is -5.02. The van der Waals surface area contributed by atoms with Gasteiger partial charge in [-0.05, 0) is 76.4 Å². The predicted octanol–water partition coefficient (Wildman–Crippen LogP) is 3.42. The highest BCUT2D eigenvalue weighted by atomic mass is 16.5. The molecule has 0 unspecified atom stereocenters. The zero-order chi connectivity index (χ0) is 30.0. The molecule has 1 aliphatic carbocycles. The van der Waals surface area contributed by atoms with Gasteiger partial charge >= 0.3 is 17.9 Å². The van der Waals surface area contributed by atoms with Crippen molar-refractivity contribution in [3.05, 3.63) is 65.0 Å². The van der Waals surface area contributed by atoms with Gasteiger partial charge in [0, 0.05) is 17.1 Å². The van der Waals surface area contributed by atoms with Crippen LogP contribution in [0.25, 0.3) is 11.0 Å². The fraction of sp³-hybridized carbons (Fsp3) is 0.467. The Balaban J connectivity index is 0.000000254. The molecule has 2 aromatic heterocycles. The second-order valence-corrected chi connectivity index (χ2v) is 11.2. The molecule has 1 fully saturated rings. The van der Waals surface area contributed by atoms with Crippen LogP contribution in [0.15, 0.2) is 42.6 Å². The number of carbonyl (C=O) groups is 3. The number of rotatable bonds is 7. The van der Waals surface area contributed by atoms with Crippen molar-refractivity contribution in [3.63, 3.8) is 0 Å². The number of aliphatic hydroxyl groups is 1. The van der Waals surface area contributed by atoms with Crippen molar-refractivity contribution >= 4 is 28.9 Å². The lowest BCUT2D eigenvalue weighted by atomic mass is 9.68. The summed E-state index contributed by atoms with van der Waals surface area (Å²) in [6.45, 7) is 2.99. The summed E-state index contributed by atoms with van der Waals surface area (Å²) < 4.78 is 6.52. The molecule has 11 heteroatoms. The number of carboxylic acid groups (broad SMARTS) is 3. The summed E-state index contributed by atoms with van der Waals surface area (Å²) >= 11 is 0. The number of benzene rings is 1. The van der Waals surface area contributed by atoms with Gasteiger partial charge in [-0.25, -0.2) is 9.78 Å². The van der Waals surface area contributed by atoms with Crippen LogP contribution in [0.1, 0.15) is 60.9 Å². The summed E-state index contributed by atoms with van der Waals surface area (Å²) in [4.78, 5) is 41.1. The number of carboxylic acids is 3. The number of hydrogen-bond acceptors (Lipinski definition) is 7. The van der Waals surface area contributed by atoms with Gasteiger partial charge < -0.3 is 30.1 Å². The summed E-state index contributed by atoms with van der Waals surface area (Å²) in [6, 6.07) is 13.3. The Bertz CT molecular complexity index is 1420. The van der Waals surface area contributed by atoms with Gasteiger partial charge in [-0.1, -0.05) is 29.8 Å². The molecule has 1 spiro atoms. The first-order valence-corrected chi connectivity index (χ1v) is 13.6. The number of H-pyrrole nitrogens is 1. The van der Waals surface area contributed by atoms with E-state index in [2.05, 4.69) is 66.2 Å². The molecule has 1 aromatic carbocycles. The topological polar surface area (TPSA) is 173 Å². The minimum Gasteiger partial charge on any atom is -0.481 e. The number of fused-ring (bicyclic) bond motifs is 4. The number of pyridine rings is 1. The molecule has 0 atom stereocenters. The van der Waals surface area contributed by atoms with Crippen LogP contribution >= 0.6 is 0 Å². The fourth-order valence-corrected chi connectivity index (χ4v) is 6.25. The third-order valence-corrected chi connectivity index (χ3v) is 8.45. The normalized spacial score (nSPS) is 22.2. The SMILES string of the molecule is Cc1cccc(C2(N(C)C)CCC3(CC2)OCCc2c3[nH]c3ncccc23)c1.O=C(O)CC(O)(CC(=O)O)C(=O)O. The van der Waals surface area contributed by atoms with Crippen LogP contribution in [0, 0.1) is 6.92 Å². The molecule has 2 aliphatic rings. The van der Waals surface area contributed by atoms with Gasteiger partial charge in [0.1, 0.15) is 11.2 Å². The number of hydrogen-bond donors (Lipinski definition) is 5. The quantitative estimate of drug-likeness (QED) is 0.285. The molecule has 5 N–H and O–H groups in total. The van der Waals surface area contributed by atoms with Gasteiger partial charge in [0.15, 0.2) is 5.60 Å². The first-order chi connectivity index (χ1) is 19.3. The Morgan fingerprint density at radius 2 is 1.68 bits per heavy atom. The predicted molar refractivity (Wildman–Crippen MR) is 150 cm³/mol. The van der Waals surface area contributed by atoms with E-state index in [1.54, 1.807) is 0 Å². The molecule has 5 rings (SSSR count). The molecule has 1 saturated carbocycles. The maximum atomic E-state index is 10.3. The average Bonchev–Trinajstić information content (AvgIpc) is 3.29. The highest BCUT2D eigenvalue weighted by molar-refractivity contribution is 5.88.